The first-order chi connectivity index (χ1) is 8.65. The zero-order valence-electron chi connectivity index (χ0n) is 10.5. The average molecular weight is 250 g/mol. The summed E-state index contributed by atoms with van der Waals surface area (Å²) in [7, 11) is 0. The van der Waals surface area contributed by atoms with Gasteiger partial charge in [-0.05, 0) is 25.2 Å². The summed E-state index contributed by atoms with van der Waals surface area (Å²) in [4.78, 5) is 23.2. The average Bonchev–Trinajstić information content (AvgIpc) is 2.90. The number of rotatable bonds is 3. The number of hydrogen-bond donors (Lipinski definition) is 0. The van der Waals surface area contributed by atoms with E-state index in [9.17, 15) is 9.59 Å². The van der Waals surface area contributed by atoms with Crippen LogP contribution in [0.25, 0.3) is 0 Å². The fraction of sp³-hybridized carbons (Fsp3) is 0.714. The van der Waals surface area contributed by atoms with Crippen LogP contribution in [0, 0.1) is 23.7 Å². The van der Waals surface area contributed by atoms with E-state index in [1.165, 1.54) is 6.08 Å². The van der Waals surface area contributed by atoms with Crippen molar-refractivity contribution < 1.29 is 19.1 Å². The molecule has 2 bridgehead atoms. The quantitative estimate of drug-likeness (QED) is 0.565. The van der Waals surface area contributed by atoms with Gasteiger partial charge in [-0.1, -0.05) is 13.5 Å². The Morgan fingerprint density at radius 2 is 2.22 bits per heavy atom. The lowest BCUT2D eigenvalue weighted by Crippen LogP contribution is -2.50. The van der Waals surface area contributed by atoms with Gasteiger partial charge < -0.3 is 9.47 Å². The molecular weight excluding hydrogens is 232 g/mol. The monoisotopic (exact) mass is 250 g/mol. The summed E-state index contributed by atoms with van der Waals surface area (Å²) in [6.45, 7) is 5.44. The number of fused-ring (bicyclic) bond motifs is 1. The maximum Gasteiger partial charge on any atom is 0.330 e. The molecule has 4 heteroatoms. The van der Waals surface area contributed by atoms with Gasteiger partial charge in [0.05, 0.1) is 5.92 Å². The molecule has 98 valence electrons. The molecule has 0 amide bonds. The predicted molar refractivity (Wildman–Crippen MR) is 63.4 cm³/mol. The van der Waals surface area contributed by atoms with Gasteiger partial charge in [-0.25, -0.2) is 4.79 Å². The Labute approximate surface area is 106 Å². The molecule has 18 heavy (non-hydrogen) atoms. The molecule has 6 unspecified atom stereocenters. The summed E-state index contributed by atoms with van der Waals surface area (Å²) in [5, 5.41) is 0. The molecule has 2 saturated carbocycles. The van der Waals surface area contributed by atoms with Crippen LogP contribution < -0.4 is 0 Å². The summed E-state index contributed by atoms with van der Waals surface area (Å²) in [6, 6.07) is 0. The smallest absolute Gasteiger partial charge is 0.330 e. The zero-order chi connectivity index (χ0) is 12.9. The van der Waals surface area contributed by atoms with E-state index in [1.807, 2.05) is 6.92 Å². The fourth-order valence-corrected chi connectivity index (χ4v) is 4.13. The first-order valence-electron chi connectivity index (χ1n) is 6.69. The molecule has 1 aliphatic heterocycles. The van der Waals surface area contributed by atoms with Crippen LogP contribution in [0.1, 0.15) is 26.2 Å². The minimum absolute atomic E-state index is 0.0484. The maximum atomic E-state index is 11.9. The Morgan fingerprint density at radius 1 is 1.50 bits per heavy atom. The molecule has 3 aliphatic rings. The molecule has 3 fully saturated rings. The molecule has 4 nitrogen and oxygen atoms in total. The van der Waals surface area contributed by atoms with Gasteiger partial charge in [-0.15, -0.1) is 0 Å². The van der Waals surface area contributed by atoms with E-state index in [1.54, 1.807) is 0 Å². The van der Waals surface area contributed by atoms with Gasteiger partial charge in [-0.2, -0.15) is 0 Å². The second-order valence-corrected chi connectivity index (χ2v) is 5.58. The minimum Gasteiger partial charge on any atom is -0.458 e. The van der Waals surface area contributed by atoms with E-state index in [-0.39, 0.29) is 24.1 Å². The SMILES string of the molecule is C=CC(=O)OC1C2CC3C(CC)C(=O)OC1C3C2. The zero-order valence-corrected chi connectivity index (χ0v) is 10.5. The topological polar surface area (TPSA) is 52.6 Å². The summed E-state index contributed by atoms with van der Waals surface area (Å²) < 4.78 is 10.9. The maximum absolute atomic E-state index is 11.9. The van der Waals surface area contributed by atoms with Crippen molar-refractivity contribution in [1.82, 2.24) is 0 Å². The van der Waals surface area contributed by atoms with Gasteiger partial charge in [0.25, 0.3) is 0 Å². The molecule has 3 rings (SSSR count). The standard InChI is InChI=1S/C14H18O4/c1-3-8-9-5-7-6-10(9)13(18-14(8)16)12(7)17-11(15)4-2/h4,7-10,12-13H,2-3,5-6H2,1H3. The van der Waals surface area contributed by atoms with E-state index in [2.05, 4.69) is 6.58 Å². The summed E-state index contributed by atoms with van der Waals surface area (Å²) in [5.41, 5.74) is 0. The highest BCUT2D eigenvalue weighted by atomic mass is 16.6. The lowest BCUT2D eigenvalue weighted by Gasteiger charge is -2.42. The molecule has 0 radical (unpaired) electrons. The summed E-state index contributed by atoms with van der Waals surface area (Å²) in [6.07, 6.45) is 3.56. The van der Waals surface area contributed by atoms with Crippen LogP contribution in [0.3, 0.4) is 0 Å². The Hall–Kier alpha value is -1.32. The van der Waals surface area contributed by atoms with Crippen LogP contribution in [0.15, 0.2) is 12.7 Å². The lowest BCUT2D eigenvalue weighted by molar-refractivity contribution is -0.191. The number of ether oxygens (including phenoxy) is 2. The van der Waals surface area contributed by atoms with Crippen molar-refractivity contribution in [1.29, 1.82) is 0 Å². The van der Waals surface area contributed by atoms with Crippen molar-refractivity contribution in [2.75, 3.05) is 0 Å². The molecular formula is C14H18O4. The number of hydrogen-bond acceptors (Lipinski definition) is 4. The first-order valence-corrected chi connectivity index (χ1v) is 6.69. The Balaban J connectivity index is 1.80. The van der Waals surface area contributed by atoms with Crippen LogP contribution >= 0.6 is 0 Å². The molecule has 0 aromatic carbocycles. The summed E-state index contributed by atoms with van der Waals surface area (Å²) >= 11 is 0. The molecule has 0 spiro atoms. The van der Waals surface area contributed by atoms with E-state index < -0.39 is 5.97 Å². The number of carbonyl (C=O) groups excluding carboxylic acids is 2. The molecule has 1 heterocycles. The van der Waals surface area contributed by atoms with Crippen LogP contribution in [0.2, 0.25) is 0 Å². The Kier molecular flexibility index (Phi) is 2.68. The molecule has 6 atom stereocenters. The van der Waals surface area contributed by atoms with Gasteiger partial charge in [-0.3, -0.25) is 4.79 Å². The second kappa shape index (κ2) is 4.11. The first kappa shape index (κ1) is 11.8. The van der Waals surface area contributed by atoms with Gasteiger partial charge in [0.15, 0.2) is 0 Å². The fourth-order valence-electron chi connectivity index (χ4n) is 4.13. The van der Waals surface area contributed by atoms with E-state index in [0.717, 1.165) is 19.3 Å². The van der Waals surface area contributed by atoms with Crippen molar-refractivity contribution in [2.24, 2.45) is 23.7 Å². The molecule has 0 aromatic heterocycles. The van der Waals surface area contributed by atoms with E-state index in [4.69, 9.17) is 9.47 Å². The molecule has 2 aliphatic carbocycles. The number of carbonyl (C=O) groups is 2. The number of esters is 2. The Bertz CT molecular complexity index is 403. The van der Waals surface area contributed by atoms with E-state index >= 15 is 0 Å². The van der Waals surface area contributed by atoms with Gasteiger partial charge >= 0.3 is 11.9 Å². The van der Waals surface area contributed by atoms with Gasteiger partial charge in [0.2, 0.25) is 0 Å². The third kappa shape index (κ3) is 1.51. The highest BCUT2D eigenvalue weighted by Crippen LogP contribution is 2.56. The highest BCUT2D eigenvalue weighted by Gasteiger charge is 2.61. The highest BCUT2D eigenvalue weighted by molar-refractivity contribution is 5.81. The van der Waals surface area contributed by atoms with Crippen molar-refractivity contribution in [3.05, 3.63) is 12.7 Å². The molecule has 0 aromatic rings. The van der Waals surface area contributed by atoms with Crippen molar-refractivity contribution in [3.8, 4) is 0 Å². The molecule has 1 saturated heterocycles. The summed E-state index contributed by atoms with van der Waals surface area (Å²) in [5.74, 6) is 0.704. The predicted octanol–water partition coefficient (Wildman–Crippen LogP) is 1.69. The largest absolute Gasteiger partial charge is 0.458 e. The van der Waals surface area contributed by atoms with Crippen LogP contribution in [-0.2, 0) is 19.1 Å². The molecule has 0 N–H and O–H groups in total. The lowest BCUT2D eigenvalue weighted by atomic mass is 9.74. The Morgan fingerprint density at radius 3 is 2.89 bits per heavy atom. The van der Waals surface area contributed by atoms with Crippen molar-refractivity contribution >= 4 is 11.9 Å². The van der Waals surface area contributed by atoms with Gasteiger partial charge in [0, 0.05) is 17.9 Å². The van der Waals surface area contributed by atoms with Crippen LogP contribution in [0.4, 0.5) is 0 Å². The second-order valence-electron chi connectivity index (χ2n) is 5.58. The third-order valence-corrected chi connectivity index (χ3v) is 4.84. The van der Waals surface area contributed by atoms with Crippen molar-refractivity contribution in [3.63, 3.8) is 0 Å². The van der Waals surface area contributed by atoms with Gasteiger partial charge in [0.1, 0.15) is 12.2 Å². The van der Waals surface area contributed by atoms with E-state index in [0.29, 0.717) is 17.8 Å². The third-order valence-electron chi connectivity index (χ3n) is 4.84. The normalized spacial score (nSPS) is 44.6. The van der Waals surface area contributed by atoms with Crippen LogP contribution in [0.5, 0.6) is 0 Å². The minimum atomic E-state index is -0.419. The van der Waals surface area contributed by atoms with Crippen molar-refractivity contribution in [2.45, 2.75) is 38.4 Å². The van der Waals surface area contributed by atoms with Crippen LogP contribution in [-0.4, -0.2) is 24.1 Å².